The molecule has 1 atom stereocenters. The number of rotatable bonds is 3. The van der Waals surface area contributed by atoms with Crippen LogP contribution in [-0.2, 0) is 6.42 Å². The van der Waals surface area contributed by atoms with Crippen molar-refractivity contribution in [3.05, 3.63) is 24.2 Å². The van der Waals surface area contributed by atoms with Crippen molar-refractivity contribution >= 4 is 0 Å². The summed E-state index contributed by atoms with van der Waals surface area (Å²) in [5.41, 5.74) is 0.426. The zero-order chi connectivity index (χ0) is 12.4. The zero-order valence-electron chi connectivity index (χ0n) is 11.3. The Balaban J connectivity index is 1.59. The van der Waals surface area contributed by atoms with Crippen molar-refractivity contribution in [3.8, 4) is 0 Å². The van der Waals surface area contributed by atoms with E-state index in [1.54, 1.807) is 6.26 Å². The Morgan fingerprint density at radius 3 is 3.00 bits per heavy atom. The third-order valence-corrected chi connectivity index (χ3v) is 4.69. The molecule has 1 aromatic heterocycles. The summed E-state index contributed by atoms with van der Waals surface area (Å²) in [5.74, 6) is 1.11. The highest BCUT2D eigenvalue weighted by Crippen LogP contribution is 2.33. The molecule has 1 aromatic rings. The summed E-state index contributed by atoms with van der Waals surface area (Å²) in [5, 5.41) is 3.80. The van der Waals surface area contributed by atoms with Crippen molar-refractivity contribution in [2.24, 2.45) is 0 Å². The lowest BCUT2D eigenvalue weighted by molar-refractivity contribution is 0.0890. The predicted molar refractivity (Wildman–Crippen MR) is 72.6 cm³/mol. The first-order chi connectivity index (χ1) is 8.77. The summed E-state index contributed by atoms with van der Waals surface area (Å²) < 4.78 is 5.43. The SMILES string of the molecule is CC1CNC2(CCCC2)CN1CCc1ccco1. The topological polar surface area (TPSA) is 28.4 Å². The van der Waals surface area contributed by atoms with E-state index in [9.17, 15) is 0 Å². The first-order valence-electron chi connectivity index (χ1n) is 7.29. The zero-order valence-corrected chi connectivity index (χ0v) is 11.3. The number of hydrogen-bond acceptors (Lipinski definition) is 3. The Bertz CT molecular complexity index is 368. The second-order valence-electron chi connectivity index (χ2n) is 6.02. The van der Waals surface area contributed by atoms with Gasteiger partial charge in [-0.25, -0.2) is 0 Å². The van der Waals surface area contributed by atoms with Gasteiger partial charge in [-0.05, 0) is 31.9 Å². The van der Waals surface area contributed by atoms with Crippen molar-refractivity contribution in [1.82, 2.24) is 10.2 Å². The van der Waals surface area contributed by atoms with Crippen LogP contribution < -0.4 is 5.32 Å². The lowest BCUT2D eigenvalue weighted by Crippen LogP contribution is -2.62. The van der Waals surface area contributed by atoms with Crippen molar-refractivity contribution in [1.29, 1.82) is 0 Å². The average Bonchev–Trinajstić information content (AvgIpc) is 3.03. The van der Waals surface area contributed by atoms with Gasteiger partial charge in [0.15, 0.2) is 0 Å². The molecule has 0 radical (unpaired) electrons. The molecule has 1 saturated heterocycles. The van der Waals surface area contributed by atoms with E-state index in [1.807, 2.05) is 6.07 Å². The summed E-state index contributed by atoms with van der Waals surface area (Å²) in [6, 6.07) is 4.71. The summed E-state index contributed by atoms with van der Waals surface area (Å²) >= 11 is 0. The summed E-state index contributed by atoms with van der Waals surface area (Å²) in [4.78, 5) is 2.64. The molecule has 3 rings (SSSR count). The van der Waals surface area contributed by atoms with E-state index in [4.69, 9.17) is 4.42 Å². The van der Waals surface area contributed by atoms with E-state index in [-0.39, 0.29) is 0 Å². The number of hydrogen-bond donors (Lipinski definition) is 1. The van der Waals surface area contributed by atoms with Gasteiger partial charge in [-0.15, -0.1) is 0 Å². The van der Waals surface area contributed by atoms with Crippen LogP contribution in [0.25, 0.3) is 0 Å². The molecule has 3 nitrogen and oxygen atoms in total. The van der Waals surface area contributed by atoms with Crippen LogP contribution in [0.4, 0.5) is 0 Å². The first-order valence-corrected chi connectivity index (χ1v) is 7.29. The third kappa shape index (κ3) is 2.47. The smallest absolute Gasteiger partial charge is 0.105 e. The second kappa shape index (κ2) is 5.06. The van der Waals surface area contributed by atoms with Crippen LogP contribution in [-0.4, -0.2) is 36.1 Å². The van der Waals surface area contributed by atoms with Gasteiger partial charge in [-0.3, -0.25) is 4.90 Å². The van der Waals surface area contributed by atoms with Crippen LogP contribution in [0.15, 0.2) is 22.8 Å². The highest BCUT2D eigenvalue weighted by atomic mass is 16.3. The van der Waals surface area contributed by atoms with Crippen LogP contribution in [0.1, 0.15) is 38.4 Å². The minimum atomic E-state index is 0.426. The van der Waals surface area contributed by atoms with Gasteiger partial charge in [-0.2, -0.15) is 0 Å². The number of nitrogens with one attached hydrogen (secondary N) is 1. The van der Waals surface area contributed by atoms with Crippen LogP contribution >= 0.6 is 0 Å². The summed E-state index contributed by atoms with van der Waals surface area (Å²) in [7, 11) is 0. The monoisotopic (exact) mass is 248 g/mol. The van der Waals surface area contributed by atoms with Gasteiger partial charge in [0.1, 0.15) is 5.76 Å². The van der Waals surface area contributed by atoms with E-state index < -0.39 is 0 Å². The van der Waals surface area contributed by atoms with Gasteiger partial charge in [0.25, 0.3) is 0 Å². The van der Waals surface area contributed by atoms with Gasteiger partial charge in [-0.1, -0.05) is 12.8 Å². The lowest BCUT2D eigenvalue weighted by Gasteiger charge is -2.45. The summed E-state index contributed by atoms with van der Waals surface area (Å²) in [6.45, 7) is 5.81. The minimum Gasteiger partial charge on any atom is -0.469 e. The normalized spacial score (nSPS) is 27.9. The van der Waals surface area contributed by atoms with Gasteiger partial charge < -0.3 is 9.73 Å². The van der Waals surface area contributed by atoms with Gasteiger partial charge in [0, 0.05) is 37.6 Å². The molecule has 1 spiro atoms. The van der Waals surface area contributed by atoms with E-state index in [1.165, 1.54) is 32.2 Å². The molecule has 1 N–H and O–H groups in total. The van der Waals surface area contributed by atoms with Crippen LogP contribution in [0, 0.1) is 0 Å². The molecule has 1 aliphatic heterocycles. The number of nitrogens with zero attached hydrogens (tertiary/aromatic N) is 1. The quantitative estimate of drug-likeness (QED) is 0.890. The van der Waals surface area contributed by atoms with Crippen molar-refractivity contribution in [2.75, 3.05) is 19.6 Å². The Morgan fingerprint density at radius 2 is 2.28 bits per heavy atom. The summed E-state index contributed by atoms with van der Waals surface area (Å²) in [6.07, 6.45) is 8.32. The fourth-order valence-corrected chi connectivity index (χ4v) is 3.49. The predicted octanol–water partition coefficient (Wildman–Crippen LogP) is 2.43. The Morgan fingerprint density at radius 1 is 1.44 bits per heavy atom. The molecular formula is C15H24N2O. The Hall–Kier alpha value is -0.800. The van der Waals surface area contributed by atoms with Crippen molar-refractivity contribution < 1.29 is 4.42 Å². The molecule has 100 valence electrons. The van der Waals surface area contributed by atoms with Crippen LogP contribution in [0.2, 0.25) is 0 Å². The molecule has 0 amide bonds. The molecule has 2 fully saturated rings. The van der Waals surface area contributed by atoms with Gasteiger partial charge >= 0.3 is 0 Å². The molecule has 1 unspecified atom stereocenters. The molecule has 0 bridgehead atoms. The number of furan rings is 1. The van der Waals surface area contributed by atoms with E-state index in [0.29, 0.717) is 11.6 Å². The molecule has 2 aliphatic rings. The molecule has 0 aromatic carbocycles. The van der Waals surface area contributed by atoms with Gasteiger partial charge in [0.05, 0.1) is 6.26 Å². The average molecular weight is 248 g/mol. The standard InChI is InChI=1S/C15H24N2O/c1-13-11-16-15(7-2-3-8-15)12-17(13)9-6-14-5-4-10-18-14/h4-5,10,13,16H,2-3,6-9,11-12H2,1H3. The first kappa shape index (κ1) is 12.2. The molecule has 2 heterocycles. The molecule has 18 heavy (non-hydrogen) atoms. The van der Waals surface area contributed by atoms with E-state index in [0.717, 1.165) is 25.3 Å². The molecule has 1 saturated carbocycles. The fourth-order valence-electron chi connectivity index (χ4n) is 3.49. The Labute approximate surface area is 110 Å². The third-order valence-electron chi connectivity index (χ3n) is 4.69. The van der Waals surface area contributed by atoms with Crippen molar-refractivity contribution in [3.63, 3.8) is 0 Å². The second-order valence-corrected chi connectivity index (χ2v) is 6.02. The Kier molecular flexibility index (Phi) is 3.44. The van der Waals surface area contributed by atoms with Crippen LogP contribution in [0.5, 0.6) is 0 Å². The minimum absolute atomic E-state index is 0.426. The number of piperazine rings is 1. The molecular weight excluding hydrogens is 224 g/mol. The lowest BCUT2D eigenvalue weighted by atomic mass is 9.92. The van der Waals surface area contributed by atoms with Gasteiger partial charge in [0.2, 0.25) is 0 Å². The largest absolute Gasteiger partial charge is 0.469 e. The van der Waals surface area contributed by atoms with Crippen LogP contribution in [0.3, 0.4) is 0 Å². The molecule has 3 heteroatoms. The van der Waals surface area contributed by atoms with Crippen molar-refractivity contribution in [2.45, 2.75) is 50.6 Å². The van der Waals surface area contributed by atoms with E-state index >= 15 is 0 Å². The maximum atomic E-state index is 5.43. The maximum absolute atomic E-state index is 5.43. The highest BCUT2D eigenvalue weighted by Gasteiger charge is 2.39. The molecule has 1 aliphatic carbocycles. The highest BCUT2D eigenvalue weighted by molar-refractivity contribution is 5.02. The maximum Gasteiger partial charge on any atom is 0.105 e. The van der Waals surface area contributed by atoms with E-state index in [2.05, 4.69) is 23.2 Å². The fraction of sp³-hybridized carbons (Fsp3) is 0.733.